The van der Waals surface area contributed by atoms with Gasteiger partial charge in [-0.05, 0) is 42.5 Å². The summed E-state index contributed by atoms with van der Waals surface area (Å²) in [5.41, 5.74) is 6.41. The quantitative estimate of drug-likeness (QED) is 0.234. The Morgan fingerprint density at radius 1 is 0.818 bits per heavy atom. The average molecular weight is 447 g/mol. The zero-order chi connectivity index (χ0) is 22.9. The van der Waals surface area contributed by atoms with Gasteiger partial charge in [-0.15, -0.1) is 0 Å². The summed E-state index contributed by atoms with van der Waals surface area (Å²) in [6, 6.07) is 28.5. The van der Waals surface area contributed by atoms with E-state index in [0.717, 1.165) is 11.5 Å². The smallest absolute Gasteiger partial charge is 0.256 e. The van der Waals surface area contributed by atoms with E-state index >= 15 is 0 Å². The van der Waals surface area contributed by atoms with E-state index in [1.54, 1.807) is 0 Å². The van der Waals surface area contributed by atoms with Crippen LogP contribution in [0.25, 0.3) is 32.9 Å². The van der Waals surface area contributed by atoms with E-state index in [4.69, 9.17) is 4.74 Å². The first-order valence-electron chi connectivity index (χ1n) is 11.6. The molecule has 0 bridgehead atoms. The molecule has 2 heterocycles. The van der Waals surface area contributed by atoms with Gasteiger partial charge in [0.2, 0.25) is 5.52 Å². The normalized spacial score (nSPS) is 12.6. The summed E-state index contributed by atoms with van der Waals surface area (Å²) in [4.78, 5) is 0. The lowest BCUT2D eigenvalue weighted by atomic mass is 9.90. The van der Waals surface area contributed by atoms with Crippen LogP contribution in [0.1, 0.15) is 11.1 Å². The fraction of sp³-hybridized carbons (Fsp3) is 0.167. The largest absolute Gasteiger partial charge is 0.450 e. The second-order valence-corrected chi connectivity index (χ2v) is 14.1. The molecule has 1 aliphatic rings. The lowest BCUT2D eigenvalue weighted by Crippen LogP contribution is -2.55. The van der Waals surface area contributed by atoms with Crippen LogP contribution in [0.5, 0.6) is 11.5 Å². The molecule has 6 rings (SSSR count). The van der Waals surface area contributed by atoms with Gasteiger partial charge >= 0.3 is 0 Å². The van der Waals surface area contributed by atoms with Crippen molar-refractivity contribution in [3.05, 3.63) is 90.0 Å². The van der Waals surface area contributed by atoms with Crippen molar-refractivity contribution in [3.8, 4) is 22.8 Å². The summed E-state index contributed by atoms with van der Waals surface area (Å²) < 4.78 is 9.23. The fourth-order valence-electron chi connectivity index (χ4n) is 5.64. The van der Waals surface area contributed by atoms with E-state index in [-0.39, 0.29) is 0 Å². The minimum Gasteiger partial charge on any atom is -0.450 e. The summed E-state index contributed by atoms with van der Waals surface area (Å²) in [6.07, 6.45) is 0. The van der Waals surface area contributed by atoms with Crippen LogP contribution in [0.15, 0.2) is 78.9 Å². The van der Waals surface area contributed by atoms with Gasteiger partial charge in [0.1, 0.15) is 20.9 Å². The lowest BCUT2D eigenvalue weighted by Gasteiger charge is -2.30. The molecule has 0 spiro atoms. The number of aromatic nitrogens is 1. The summed E-state index contributed by atoms with van der Waals surface area (Å²) in [5, 5.41) is 6.55. The number of rotatable bonds is 2. The first-order chi connectivity index (χ1) is 15.9. The second kappa shape index (κ2) is 7.03. The molecule has 0 saturated carbocycles. The van der Waals surface area contributed by atoms with Crippen LogP contribution < -0.4 is 19.7 Å². The van der Waals surface area contributed by atoms with Crippen molar-refractivity contribution >= 4 is 40.1 Å². The predicted molar refractivity (Wildman–Crippen MR) is 141 cm³/mol. The first kappa shape index (κ1) is 20.2. The number of hydrogen-bond acceptors (Lipinski definition) is 1. The standard InChI is InChI=1S/C30H28NOSi/c1-19-18-21-12-11-17-25-27(21)26(20(19)2)28-29(32-25)30(23-15-9-10-16-24(23)31(28)3)33(4,5)22-13-7-6-8-14-22/h6-18H,1-5H3/q+1. The average Bonchev–Trinajstić information content (AvgIpc) is 2.82. The Hall–Kier alpha value is -3.43. The Kier molecular flexibility index (Phi) is 4.30. The van der Waals surface area contributed by atoms with Gasteiger partial charge in [-0.25, -0.2) is 0 Å². The van der Waals surface area contributed by atoms with Crippen LogP contribution >= 0.6 is 0 Å². The molecular weight excluding hydrogens is 418 g/mol. The number of aryl methyl sites for hydroxylation is 2. The van der Waals surface area contributed by atoms with Crippen LogP contribution in [0.2, 0.25) is 13.1 Å². The third-order valence-corrected chi connectivity index (χ3v) is 11.1. The van der Waals surface area contributed by atoms with E-state index in [2.05, 4.69) is 117 Å². The van der Waals surface area contributed by atoms with Crippen molar-refractivity contribution in [3.63, 3.8) is 0 Å². The van der Waals surface area contributed by atoms with E-state index < -0.39 is 8.07 Å². The maximum Gasteiger partial charge on any atom is 0.256 e. The molecule has 3 heteroatoms. The van der Waals surface area contributed by atoms with E-state index in [1.807, 2.05) is 0 Å². The van der Waals surface area contributed by atoms with Crippen LogP contribution in [-0.4, -0.2) is 8.07 Å². The van der Waals surface area contributed by atoms with Crippen LogP contribution in [0.4, 0.5) is 0 Å². The highest BCUT2D eigenvalue weighted by Gasteiger charge is 2.40. The molecule has 0 atom stereocenters. The Labute approximate surface area is 196 Å². The molecule has 0 N–H and O–H groups in total. The number of fused-ring (bicyclic) bond motifs is 3. The van der Waals surface area contributed by atoms with Crippen molar-refractivity contribution in [1.29, 1.82) is 0 Å². The molecule has 0 unspecified atom stereocenters. The molecule has 0 aliphatic carbocycles. The van der Waals surface area contributed by atoms with Gasteiger partial charge in [-0.2, -0.15) is 4.57 Å². The van der Waals surface area contributed by atoms with Crippen LogP contribution in [0.3, 0.4) is 0 Å². The molecule has 0 saturated heterocycles. The number of para-hydroxylation sites is 1. The fourth-order valence-corrected chi connectivity index (χ4v) is 8.58. The van der Waals surface area contributed by atoms with Gasteiger partial charge in [0.15, 0.2) is 5.75 Å². The number of ether oxygens (including phenoxy) is 1. The molecule has 4 aromatic carbocycles. The SMILES string of the molecule is Cc1cc2cccc3c2c(c1C)-c1c(c([Si](C)(C)c2ccccc2)c2ccccc2[n+]1C)O3. The number of pyridine rings is 1. The van der Waals surface area contributed by atoms with Gasteiger partial charge in [-0.1, -0.05) is 78.9 Å². The van der Waals surface area contributed by atoms with Crippen molar-refractivity contribution in [2.75, 3.05) is 0 Å². The van der Waals surface area contributed by atoms with Gasteiger partial charge in [0.05, 0.1) is 5.56 Å². The van der Waals surface area contributed by atoms with Gasteiger partial charge in [0, 0.05) is 22.0 Å². The molecular formula is C30H28NOSi+. The summed E-state index contributed by atoms with van der Waals surface area (Å²) in [6.45, 7) is 9.38. The summed E-state index contributed by atoms with van der Waals surface area (Å²) in [5.74, 6) is 2.00. The van der Waals surface area contributed by atoms with Crippen molar-refractivity contribution < 1.29 is 9.30 Å². The topological polar surface area (TPSA) is 13.1 Å². The number of hydrogen-bond donors (Lipinski definition) is 0. The highest BCUT2D eigenvalue weighted by Crippen LogP contribution is 2.47. The van der Waals surface area contributed by atoms with E-state index in [9.17, 15) is 0 Å². The van der Waals surface area contributed by atoms with E-state index in [1.165, 1.54) is 54.4 Å². The van der Waals surface area contributed by atoms with Crippen LogP contribution in [0, 0.1) is 13.8 Å². The maximum atomic E-state index is 6.89. The predicted octanol–water partition coefficient (Wildman–Crippen LogP) is 6.03. The highest BCUT2D eigenvalue weighted by atomic mass is 28.3. The Bertz CT molecular complexity index is 1580. The molecule has 33 heavy (non-hydrogen) atoms. The monoisotopic (exact) mass is 446 g/mol. The molecule has 5 aromatic rings. The lowest BCUT2D eigenvalue weighted by molar-refractivity contribution is -0.633. The number of benzene rings is 4. The first-order valence-corrected chi connectivity index (χ1v) is 14.6. The third kappa shape index (κ3) is 2.75. The van der Waals surface area contributed by atoms with Crippen LogP contribution in [-0.2, 0) is 7.05 Å². The van der Waals surface area contributed by atoms with E-state index in [0.29, 0.717) is 0 Å². The zero-order valence-electron chi connectivity index (χ0n) is 19.9. The zero-order valence-corrected chi connectivity index (χ0v) is 20.9. The molecule has 1 aliphatic heterocycles. The Morgan fingerprint density at radius 3 is 2.33 bits per heavy atom. The Morgan fingerprint density at radius 2 is 1.55 bits per heavy atom. The van der Waals surface area contributed by atoms with Gasteiger partial charge in [0.25, 0.3) is 5.69 Å². The molecule has 2 nitrogen and oxygen atoms in total. The van der Waals surface area contributed by atoms with Gasteiger partial charge < -0.3 is 4.74 Å². The summed E-state index contributed by atoms with van der Waals surface area (Å²) >= 11 is 0. The molecule has 162 valence electrons. The van der Waals surface area contributed by atoms with Gasteiger partial charge in [-0.3, -0.25) is 0 Å². The third-order valence-electron chi connectivity index (χ3n) is 7.53. The number of nitrogens with zero attached hydrogens (tertiary/aromatic N) is 1. The van der Waals surface area contributed by atoms with Crippen molar-refractivity contribution in [1.82, 2.24) is 0 Å². The molecule has 0 radical (unpaired) electrons. The maximum absolute atomic E-state index is 6.89. The van der Waals surface area contributed by atoms with Crippen molar-refractivity contribution in [2.24, 2.45) is 7.05 Å². The second-order valence-electron chi connectivity index (χ2n) is 9.77. The Balaban J connectivity index is 1.83. The van der Waals surface area contributed by atoms with Crippen molar-refractivity contribution in [2.45, 2.75) is 26.9 Å². The summed E-state index contributed by atoms with van der Waals surface area (Å²) in [7, 11) is 0.0915. The minimum absolute atomic E-state index is 0.965. The minimum atomic E-state index is -2.10. The molecule has 1 aromatic heterocycles. The molecule has 0 amide bonds. The molecule has 0 fully saturated rings. The highest BCUT2D eigenvalue weighted by molar-refractivity contribution is 7.02.